The van der Waals surface area contributed by atoms with Crippen molar-refractivity contribution in [3.05, 3.63) is 22.7 Å². The monoisotopic (exact) mass is 294 g/mol. The number of aromatic hydroxyl groups is 1. The second kappa shape index (κ2) is 4.50. The number of thioether (sulfide) groups is 1. The third-order valence-electron chi connectivity index (χ3n) is 2.90. The Kier molecular flexibility index (Phi) is 2.94. The lowest BCUT2D eigenvalue weighted by atomic mass is 10.2. The molecule has 2 aromatic rings. The van der Waals surface area contributed by atoms with E-state index in [1.165, 1.54) is 23.1 Å². The van der Waals surface area contributed by atoms with Crippen molar-refractivity contribution in [2.24, 2.45) is 4.99 Å². The van der Waals surface area contributed by atoms with Crippen LogP contribution in [0, 0.1) is 6.92 Å². The van der Waals surface area contributed by atoms with E-state index in [1.54, 1.807) is 12.1 Å². The van der Waals surface area contributed by atoms with Gasteiger partial charge in [-0.3, -0.25) is 4.99 Å². The van der Waals surface area contributed by atoms with Crippen LogP contribution >= 0.6 is 23.1 Å². The molecule has 0 fully saturated rings. The van der Waals surface area contributed by atoms with Gasteiger partial charge in [0.1, 0.15) is 15.8 Å². The van der Waals surface area contributed by atoms with Crippen LogP contribution < -0.4 is 0 Å². The van der Waals surface area contributed by atoms with E-state index < -0.39 is 12.0 Å². The second-order valence-electron chi connectivity index (χ2n) is 4.18. The summed E-state index contributed by atoms with van der Waals surface area (Å²) in [5.74, 6) is -0.213. The van der Waals surface area contributed by atoms with E-state index in [1.807, 2.05) is 6.92 Å². The van der Waals surface area contributed by atoms with Gasteiger partial charge in [-0.05, 0) is 19.1 Å². The normalized spacial score (nSPS) is 18.8. The Morgan fingerprint density at radius 2 is 2.26 bits per heavy atom. The van der Waals surface area contributed by atoms with E-state index in [4.69, 9.17) is 5.11 Å². The molecule has 5 nitrogen and oxygen atoms in total. The average molecular weight is 294 g/mol. The summed E-state index contributed by atoms with van der Waals surface area (Å²) in [7, 11) is 0. The first-order valence-electron chi connectivity index (χ1n) is 5.59. The molecule has 3 rings (SSSR count). The molecule has 1 aromatic carbocycles. The third kappa shape index (κ3) is 2.08. The fraction of sp³-hybridized carbons (Fsp3) is 0.250. The van der Waals surface area contributed by atoms with Crippen LogP contribution in [0.15, 0.2) is 17.1 Å². The molecule has 2 heterocycles. The lowest BCUT2D eigenvalue weighted by Crippen LogP contribution is -2.17. The van der Waals surface area contributed by atoms with Crippen LogP contribution in [0.25, 0.3) is 10.2 Å². The maximum Gasteiger partial charge on any atom is 0.329 e. The summed E-state index contributed by atoms with van der Waals surface area (Å²) in [6.45, 7) is 1.84. The highest BCUT2D eigenvalue weighted by Gasteiger charge is 2.27. The second-order valence-corrected chi connectivity index (χ2v) is 6.18. The molecule has 19 heavy (non-hydrogen) atoms. The maximum absolute atomic E-state index is 10.9. The average Bonchev–Trinajstić information content (AvgIpc) is 2.99. The standard InChI is InChI=1S/C12H10N2O3S2/c1-5-8(15)3-2-6-9(5)19-11(13-6)10-14-7(4-18-10)12(16)17/h2-3,7,15H,4H2,1H3,(H,16,17)/t7-/m1/s1. The van der Waals surface area contributed by atoms with Crippen molar-refractivity contribution in [2.45, 2.75) is 13.0 Å². The first kappa shape index (κ1) is 12.4. The first-order chi connectivity index (χ1) is 9.06. The van der Waals surface area contributed by atoms with Crippen LogP contribution in [0.3, 0.4) is 0 Å². The van der Waals surface area contributed by atoms with Gasteiger partial charge in [0.25, 0.3) is 0 Å². The fourth-order valence-corrected chi connectivity index (χ4v) is 3.98. The molecule has 0 amide bonds. The zero-order valence-electron chi connectivity index (χ0n) is 9.95. The van der Waals surface area contributed by atoms with E-state index in [0.717, 1.165) is 20.8 Å². The number of aromatic nitrogens is 1. The Balaban J connectivity index is 2.05. The molecule has 0 radical (unpaired) electrons. The van der Waals surface area contributed by atoms with Crippen molar-refractivity contribution in [3.63, 3.8) is 0 Å². The van der Waals surface area contributed by atoms with E-state index in [9.17, 15) is 9.90 Å². The molecule has 0 unspecified atom stereocenters. The molecule has 1 atom stereocenters. The summed E-state index contributed by atoms with van der Waals surface area (Å²) in [5, 5.41) is 20.0. The number of aliphatic carboxylic acids is 1. The van der Waals surface area contributed by atoms with Crippen molar-refractivity contribution in [3.8, 4) is 5.75 Å². The minimum atomic E-state index is -0.905. The highest BCUT2D eigenvalue weighted by atomic mass is 32.2. The van der Waals surface area contributed by atoms with Crippen molar-refractivity contribution in [2.75, 3.05) is 5.75 Å². The van der Waals surface area contributed by atoms with Crippen LogP contribution in [0.5, 0.6) is 5.75 Å². The zero-order chi connectivity index (χ0) is 13.6. The number of hydrogen-bond donors (Lipinski definition) is 2. The van der Waals surface area contributed by atoms with Crippen LogP contribution in [0.1, 0.15) is 10.6 Å². The number of fused-ring (bicyclic) bond motifs is 1. The van der Waals surface area contributed by atoms with Crippen LogP contribution in [-0.4, -0.2) is 38.0 Å². The van der Waals surface area contributed by atoms with Gasteiger partial charge in [0.2, 0.25) is 0 Å². The van der Waals surface area contributed by atoms with Crippen molar-refractivity contribution < 1.29 is 15.0 Å². The lowest BCUT2D eigenvalue weighted by Gasteiger charge is -1.96. The molecule has 1 aliphatic heterocycles. The Bertz CT molecular complexity index is 708. The summed E-state index contributed by atoms with van der Waals surface area (Å²) in [6.07, 6.45) is 0. The van der Waals surface area contributed by atoms with Gasteiger partial charge in [-0.1, -0.05) is 0 Å². The van der Waals surface area contributed by atoms with Crippen molar-refractivity contribution >= 4 is 44.3 Å². The summed E-state index contributed by atoms with van der Waals surface area (Å²) in [4.78, 5) is 19.5. The zero-order valence-corrected chi connectivity index (χ0v) is 11.6. The smallest absolute Gasteiger partial charge is 0.329 e. The number of hydrogen-bond acceptors (Lipinski definition) is 6. The van der Waals surface area contributed by atoms with E-state index in [-0.39, 0.29) is 5.75 Å². The fourth-order valence-electron chi connectivity index (χ4n) is 1.82. The Morgan fingerprint density at radius 3 is 2.95 bits per heavy atom. The van der Waals surface area contributed by atoms with Crippen molar-refractivity contribution in [1.29, 1.82) is 0 Å². The quantitative estimate of drug-likeness (QED) is 0.887. The number of rotatable bonds is 2. The largest absolute Gasteiger partial charge is 0.508 e. The van der Waals surface area contributed by atoms with Crippen LogP contribution in [0.4, 0.5) is 0 Å². The van der Waals surface area contributed by atoms with Crippen LogP contribution in [-0.2, 0) is 4.79 Å². The van der Waals surface area contributed by atoms with Gasteiger partial charge < -0.3 is 10.2 Å². The predicted molar refractivity (Wildman–Crippen MR) is 76.4 cm³/mol. The highest BCUT2D eigenvalue weighted by Crippen LogP contribution is 2.34. The number of nitrogens with zero attached hydrogens (tertiary/aromatic N) is 2. The number of thiazole rings is 1. The third-order valence-corrected chi connectivity index (χ3v) is 5.28. The van der Waals surface area contributed by atoms with Gasteiger partial charge in [-0.25, -0.2) is 9.78 Å². The molecule has 1 aromatic heterocycles. The molecule has 0 saturated carbocycles. The SMILES string of the molecule is Cc1c(O)ccc2nc(C3=N[C@@H](C(=O)O)CS3)sc12. The van der Waals surface area contributed by atoms with Gasteiger partial charge in [0, 0.05) is 11.3 Å². The number of carboxylic acids is 1. The van der Waals surface area contributed by atoms with Gasteiger partial charge in [-0.2, -0.15) is 0 Å². The van der Waals surface area contributed by atoms with E-state index in [2.05, 4.69) is 9.98 Å². The maximum atomic E-state index is 10.9. The molecular formula is C12H10N2O3S2. The molecule has 0 saturated heterocycles. The predicted octanol–water partition coefficient (Wildman–Crippen LogP) is 2.26. The molecule has 1 aliphatic rings. The molecule has 98 valence electrons. The summed E-state index contributed by atoms with van der Waals surface area (Å²) in [5.41, 5.74) is 1.59. The lowest BCUT2D eigenvalue weighted by molar-refractivity contribution is -0.137. The minimum absolute atomic E-state index is 0.243. The van der Waals surface area contributed by atoms with Crippen molar-refractivity contribution in [1.82, 2.24) is 4.98 Å². The summed E-state index contributed by atoms with van der Waals surface area (Å²) in [6, 6.07) is 2.69. The van der Waals surface area contributed by atoms with E-state index in [0.29, 0.717) is 10.8 Å². The number of carboxylic acid groups (broad SMARTS) is 1. The Hall–Kier alpha value is -1.60. The Labute approximate surface area is 117 Å². The molecule has 0 spiro atoms. The number of phenolic OH excluding ortho intramolecular Hbond substituents is 1. The molecule has 0 aliphatic carbocycles. The molecule has 7 heteroatoms. The molecule has 0 bridgehead atoms. The number of carbonyl (C=O) groups is 1. The number of aliphatic imine (C=N–C) groups is 1. The topological polar surface area (TPSA) is 82.8 Å². The Morgan fingerprint density at radius 1 is 1.47 bits per heavy atom. The van der Waals surface area contributed by atoms with Gasteiger partial charge in [-0.15, -0.1) is 23.1 Å². The highest BCUT2D eigenvalue weighted by molar-refractivity contribution is 8.15. The number of phenols is 1. The summed E-state index contributed by atoms with van der Waals surface area (Å²) >= 11 is 2.85. The number of aryl methyl sites for hydroxylation is 1. The number of benzene rings is 1. The van der Waals surface area contributed by atoms with Gasteiger partial charge >= 0.3 is 5.97 Å². The van der Waals surface area contributed by atoms with Crippen LogP contribution in [0.2, 0.25) is 0 Å². The van der Waals surface area contributed by atoms with Gasteiger partial charge in [0.05, 0.1) is 10.2 Å². The van der Waals surface area contributed by atoms with E-state index >= 15 is 0 Å². The minimum Gasteiger partial charge on any atom is -0.508 e. The summed E-state index contributed by atoms with van der Waals surface area (Å²) < 4.78 is 0.914. The molecule has 2 N–H and O–H groups in total. The first-order valence-corrected chi connectivity index (χ1v) is 7.39. The van der Waals surface area contributed by atoms with Gasteiger partial charge in [0.15, 0.2) is 6.04 Å². The molecular weight excluding hydrogens is 284 g/mol.